The first kappa shape index (κ1) is 27.6. The number of amides is 2. The maximum Gasteiger partial charge on any atom is 0.408 e. The molecule has 0 bridgehead atoms. The lowest BCUT2D eigenvalue weighted by atomic mass is 10.0. The summed E-state index contributed by atoms with van der Waals surface area (Å²) in [5.41, 5.74) is 1.60. The van der Waals surface area contributed by atoms with E-state index in [2.05, 4.69) is 34.5 Å². The van der Waals surface area contributed by atoms with Gasteiger partial charge >= 0.3 is 6.09 Å². The van der Waals surface area contributed by atoms with Crippen LogP contribution in [0, 0.1) is 0 Å². The van der Waals surface area contributed by atoms with Crippen LogP contribution in [0.5, 0.6) is 11.5 Å². The summed E-state index contributed by atoms with van der Waals surface area (Å²) in [4.78, 5) is 29.6. The number of benzene rings is 2. The zero-order chi connectivity index (χ0) is 27.1. The number of carbonyl (C=O) groups excluding carboxylic acids is 2. The molecule has 0 spiro atoms. The molecular formula is C30H41N3O5. The number of methoxy groups -OCH3 is 1. The Bertz CT molecular complexity index is 1080. The van der Waals surface area contributed by atoms with Crippen LogP contribution in [0.1, 0.15) is 52.0 Å². The zero-order valence-corrected chi connectivity index (χ0v) is 23.1. The van der Waals surface area contributed by atoms with Crippen LogP contribution in [0.2, 0.25) is 0 Å². The van der Waals surface area contributed by atoms with Crippen molar-refractivity contribution in [3.63, 3.8) is 0 Å². The topological polar surface area (TPSA) is 80.3 Å². The largest absolute Gasteiger partial charge is 0.493 e. The lowest BCUT2D eigenvalue weighted by Crippen LogP contribution is -2.58. The number of nitrogens with one attached hydrogen (secondary N) is 1. The molecule has 8 heteroatoms. The van der Waals surface area contributed by atoms with Gasteiger partial charge in [-0.25, -0.2) is 4.79 Å². The minimum atomic E-state index is -0.618. The second kappa shape index (κ2) is 12.4. The minimum Gasteiger partial charge on any atom is -0.493 e. The van der Waals surface area contributed by atoms with Crippen molar-refractivity contribution in [1.29, 1.82) is 0 Å². The van der Waals surface area contributed by atoms with Gasteiger partial charge in [-0.15, -0.1) is 0 Å². The third-order valence-electron chi connectivity index (χ3n) is 7.01. The van der Waals surface area contributed by atoms with Gasteiger partial charge in [0.1, 0.15) is 12.1 Å². The van der Waals surface area contributed by atoms with Crippen molar-refractivity contribution in [2.24, 2.45) is 0 Å². The number of nitrogens with zero attached hydrogens (tertiary/aromatic N) is 2. The molecule has 1 aliphatic heterocycles. The fourth-order valence-corrected chi connectivity index (χ4v) is 5.18. The number of rotatable bonds is 8. The van der Waals surface area contributed by atoms with Crippen molar-refractivity contribution in [2.45, 2.75) is 70.6 Å². The first-order chi connectivity index (χ1) is 18.2. The van der Waals surface area contributed by atoms with Gasteiger partial charge in [0.15, 0.2) is 11.5 Å². The van der Waals surface area contributed by atoms with Gasteiger partial charge in [-0.05, 0) is 70.6 Å². The van der Waals surface area contributed by atoms with E-state index in [0.29, 0.717) is 19.6 Å². The molecule has 1 aliphatic carbocycles. The highest BCUT2D eigenvalue weighted by molar-refractivity contribution is 5.83. The predicted molar refractivity (Wildman–Crippen MR) is 148 cm³/mol. The Morgan fingerprint density at radius 3 is 2.42 bits per heavy atom. The quantitative estimate of drug-likeness (QED) is 0.535. The second-order valence-electron chi connectivity index (χ2n) is 11.1. The highest BCUT2D eigenvalue weighted by Gasteiger charge is 2.32. The number of piperazine rings is 1. The number of hydrogen-bond donors (Lipinski definition) is 1. The lowest BCUT2D eigenvalue weighted by Gasteiger charge is -2.43. The molecule has 4 rings (SSSR count). The van der Waals surface area contributed by atoms with Crippen molar-refractivity contribution in [1.82, 2.24) is 10.2 Å². The van der Waals surface area contributed by atoms with Crippen molar-refractivity contribution >= 4 is 17.7 Å². The molecule has 38 heavy (non-hydrogen) atoms. The Kier molecular flexibility index (Phi) is 9.02. The highest BCUT2D eigenvalue weighted by atomic mass is 16.6. The van der Waals surface area contributed by atoms with E-state index in [1.54, 1.807) is 27.9 Å². The summed E-state index contributed by atoms with van der Waals surface area (Å²) in [5, 5.41) is 2.62. The van der Waals surface area contributed by atoms with Crippen LogP contribution in [0.25, 0.3) is 0 Å². The van der Waals surface area contributed by atoms with Crippen LogP contribution in [0.4, 0.5) is 10.5 Å². The Labute approximate surface area is 226 Å². The summed E-state index contributed by atoms with van der Waals surface area (Å²) in [6, 6.07) is 16.2. The Hall–Kier alpha value is -3.42. The monoisotopic (exact) mass is 523 g/mol. The molecule has 1 heterocycles. The standard InChI is InChI=1S/C30H41N3O5/c1-30(2,3)38-29(35)31-20-28(34)33-17-16-32(21-24(33)18-22-10-6-5-7-11-22)23-14-15-26(36-4)27(19-23)37-25-12-8-9-13-25/h5-7,10-11,14-15,19,24-25H,8-9,12-13,16-18,20-21H2,1-4H3,(H,31,35)/t24-/m0/s1. The molecular weight excluding hydrogens is 482 g/mol. The van der Waals surface area contributed by atoms with Crippen molar-refractivity contribution in [2.75, 3.05) is 38.2 Å². The molecule has 2 aliphatic rings. The first-order valence-electron chi connectivity index (χ1n) is 13.6. The van der Waals surface area contributed by atoms with Crippen LogP contribution in [-0.2, 0) is 16.0 Å². The molecule has 8 nitrogen and oxygen atoms in total. The fraction of sp³-hybridized carbons (Fsp3) is 0.533. The molecule has 2 aromatic rings. The SMILES string of the molecule is COc1ccc(N2CCN(C(=O)CNC(=O)OC(C)(C)C)[C@@H](Cc3ccccc3)C2)cc1OC1CCCC1. The van der Waals surface area contributed by atoms with Gasteiger partial charge in [0, 0.05) is 31.4 Å². The van der Waals surface area contributed by atoms with E-state index < -0.39 is 11.7 Å². The third kappa shape index (κ3) is 7.55. The fourth-order valence-electron chi connectivity index (χ4n) is 5.18. The molecule has 0 unspecified atom stereocenters. The molecule has 0 aromatic heterocycles. The van der Waals surface area contributed by atoms with E-state index in [1.165, 1.54) is 12.8 Å². The molecule has 1 N–H and O–H groups in total. The number of anilines is 1. The number of hydrogen-bond acceptors (Lipinski definition) is 6. The molecule has 2 amide bonds. The summed E-state index contributed by atoms with van der Waals surface area (Å²) >= 11 is 0. The van der Waals surface area contributed by atoms with Gasteiger partial charge in [0.05, 0.1) is 19.3 Å². The summed E-state index contributed by atoms with van der Waals surface area (Å²) in [5.74, 6) is 1.40. The van der Waals surface area contributed by atoms with E-state index in [-0.39, 0.29) is 24.6 Å². The number of alkyl carbamates (subject to hydrolysis) is 1. The zero-order valence-electron chi connectivity index (χ0n) is 23.1. The van der Waals surface area contributed by atoms with Gasteiger partial charge in [-0.2, -0.15) is 0 Å². The van der Waals surface area contributed by atoms with Crippen molar-refractivity contribution in [3.8, 4) is 11.5 Å². The molecule has 2 fully saturated rings. The average molecular weight is 524 g/mol. The van der Waals surface area contributed by atoms with Gasteiger partial charge in [-0.3, -0.25) is 4.79 Å². The maximum absolute atomic E-state index is 13.2. The van der Waals surface area contributed by atoms with Crippen LogP contribution in [-0.4, -0.2) is 67.9 Å². The molecule has 1 saturated heterocycles. The first-order valence-corrected chi connectivity index (χ1v) is 13.6. The Morgan fingerprint density at radius 2 is 1.74 bits per heavy atom. The Balaban J connectivity index is 1.48. The van der Waals surface area contributed by atoms with E-state index in [4.69, 9.17) is 14.2 Å². The van der Waals surface area contributed by atoms with E-state index >= 15 is 0 Å². The number of carbonyl (C=O) groups is 2. The molecule has 0 radical (unpaired) electrons. The van der Waals surface area contributed by atoms with E-state index in [0.717, 1.165) is 42.0 Å². The molecule has 206 valence electrons. The number of ether oxygens (including phenoxy) is 3. The summed E-state index contributed by atoms with van der Waals surface area (Å²) in [6.45, 7) is 7.20. The molecule has 2 aromatic carbocycles. The van der Waals surface area contributed by atoms with Crippen LogP contribution >= 0.6 is 0 Å². The van der Waals surface area contributed by atoms with Crippen LogP contribution < -0.4 is 19.7 Å². The van der Waals surface area contributed by atoms with E-state index in [1.807, 2.05) is 29.2 Å². The van der Waals surface area contributed by atoms with Gasteiger partial charge in [-0.1, -0.05) is 30.3 Å². The van der Waals surface area contributed by atoms with Gasteiger partial charge in [0.25, 0.3) is 0 Å². The van der Waals surface area contributed by atoms with Crippen LogP contribution in [0.15, 0.2) is 48.5 Å². The highest BCUT2D eigenvalue weighted by Crippen LogP contribution is 2.35. The van der Waals surface area contributed by atoms with E-state index in [9.17, 15) is 9.59 Å². The van der Waals surface area contributed by atoms with Gasteiger partial charge in [0.2, 0.25) is 5.91 Å². The smallest absolute Gasteiger partial charge is 0.408 e. The second-order valence-corrected chi connectivity index (χ2v) is 11.1. The van der Waals surface area contributed by atoms with Crippen molar-refractivity contribution < 1.29 is 23.8 Å². The normalized spacial score (nSPS) is 18.3. The lowest BCUT2D eigenvalue weighted by molar-refractivity contribution is -0.133. The molecule has 1 atom stereocenters. The summed E-state index contributed by atoms with van der Waals surface area (Å²) in [7, 11) is 1.67. The maximum atomic E-state index is 13.2. The van der Waals surface area contributed by atoms with Crippen LogP contribution in [0.3, 0.4) is 0 Å². The average Bonchev–Trinajstić information content (AvgIpc) is 3.40. The Morgan fingerprint density at radius 1 is 1.00 bits per heavy atom. The minimum absolute atomic E-state index is 0.0552. The van der Waals surface area contributed by atoms with Gasteiger partial charge < -0.3 is 29.3 Å². The predicted octanol–water partition coefficient (Wildman–Crippen LogP) is 4.80. The summed E-state index contributed by atoms with van der Waals surface area (Å²) < 4.78 is 17.2. The summed E-state index contributed by atoms with van der Waals surface area (Å²) in [6.07, 6.45) is 4.92. The molecule has 1 saturated carbocycles. The van der Waals surface area contributed by atoms with Crippen molar-refractivity contribution in [3.05, 3.63) is 54.1 Å². The third-order valence-corrected chi connectivity index (χ3v) is 7.01.